The van der Waals surface area contributed by atoms with Gasteiger partial charge >= 0.3 is 5.69 Å². The number of hydrogen-bond donors (Lipinski definition) is 2. The standard InChI is InChI=1S/C14H16N4O2/c1-15-12-6-4-7-13(14(12)18(19)20)17-10-8-11-5-2-3-9-16-11/h2-7,9,15,17H,8,10H2,1H3. The van der Waals surface area contributed by atoms with Crippen molar-refractivity contribution in [3.05, 3.63) is 58.4 Å². The lowest BCUT2D eigenvalue weighted by atomic mass is 10.2. The highest BCUT2D eigenvalue weighted by atomic mass is 16.6. The number of benzene rings is 1. The maximum atomic E-state index is 11.1. The molecule has 104 valence electrons. The molecular formula is C14H16N4O2. The first-order chi connectivity index (χ1) is 9.72. The van der Waals surface area contributed by atoms with Crippen LogP contribution in [-0.4, -0.2) is 23.5 Å². The maximum Gasteiger partial charge on any atom is 0.315 e. The van der Waals surface area contributed by atoms with Crippen LogP contribution in [0.15, 0.2) is 42.6 Å². The van der Waals surface area contributed by atoms with E-state index in [9.17, 15) is 10.1 Å². The summed E-state index contributed by atoms with van der Waals surface area (Å²) in [6.45, 7) is 0.588. The number of pyridine rings is 1. The smallest absolute Gasteiger partial charge is 0.315 e. The van der Waals surface area contributed by atoms with Crippen molar-refractivity contribution in [3.63, 3.8) is 0 Å². The van der Waals surface area contributed by atoms with E-state index in [0.29, 0.717) is 24.3 Å². The molecule has 2 N–H and O–H groups in total. The zero-order chi connectivity index (χ0) is 14.4. The van der Waals surface area contributed by atoms with Gasteiger partial charge < -0.3 is 10.6 Å². The van der Waals surface area contributed by atoms with E-state index in [0.717, 1.165) is 5.69 Å². The van der Waals surface area contributed by atoms with E-state index in [1.165, 1.54) is 0 Å². The zero-order valence-corrected chi connectivity index (χ0v) is 11.2. The minimum absolute atomic E-state index is 0.0658. The first-order valence-corrected chi connectivity index (χ1v) is 6.31. The largest absolute Gasteiger partial charge is 0.382 e. The van der Waals surface area contributed by atoms with Crippen molar-refractivity contribution in [1.82, 2.24) is 4.98 Å². The van der Waals surface area contributed by atoms with Gasteiger partial charge in [-0.1, -0.05) is 12.1 Å². The van der Waals surface area contributed by atoms with Gasteiger partial charge in [-0.25, -0.2) is 0 Å². The third kappa shape index (κ3) is 3.23. The van der Waals surface area contributed by atoms with Gasteiger partial charge in [0.15, 0.2) is 0 Å². The summed E-state index contributed by atoms with van der Waals surface area (Å²) in [7, 11) is 1.67. The zero-order valence-electron chi connectivity index (χ0n) is 11.2. The van der Waals surface area contributed by atoms with Crippen LogP contribution in [0.25, 0.3) is 0 Å². The van der Waals surface area contributed by atoms with Crippen LogP contribution >= 0.6 is 0 Å². The molecule has 0 amide bonds. The number of hydrogen-bond acceptors (Lipinski definition) is 5. The van der Waals surface area contributed by atoms with E-state index < -0.39 is 0 Å². The van der Waals surface area contributed by atoms with Gasteiger partial charge in [0, 0.05) is 31.9 Å². The molecule has 0 aliphatic heterocycles. The topological polar surface area (TPSA) is 80.1 Å². The normalized spacial score (nSPS) is 10.1. The highest BCUT2D eigenvalue weighted by Crippen LogP contribution is 2.32. The van der Waals surface area contributed by atoms with Crippen LogP contribution in [-0.2, 0) is 6.42 Å². The maximum absolute atomic E-state index is 11.1. The van der Waals surface area contributed by atoms with Crippen molar-refractivity contribution in [2.45, 2.75) is 6.42 Å². The third-order valence-corrected chi connectivity index (χ3v) is 2.91. The summed E-state index contributed by atoms with van der Waals surface area (Å²) >= 11 is 0. The van der Waals surface area contributed by atoms with Gasteiger partial charge in [0.2, 0.25) is 0 Å². The Bertz CT molecular complexity index is 587. The molecule has 0 fully saturated rings. The second kappa shape index (κ2) is 6.51. The molecular weight excluding hydrogens is 256 g/mol. The first-order valence-electron chi connectivity index (χ1n) is 6.31. The fraction of sp³-hybridized carbons (Fsp3) is 0.214. The van der Waals surface area contributed by atoms with Gasteiger partial charge in [0.25, 0.3) is 0 Å². The summed E-state index contributed by atoms with van der Waals surface area (Å²) in [5.74, 6) is 0. The number of nitro groups is 1. The molecule has 0 aliphatic carbocycles. The minimum atomic E-state index is -0.380. The molecule has 6 heteroatoms. The Morgan fingerprint density at radius 1 is 1.20 bits per heavy atom. The van der Waals surface area contributed by atoms with E-state index in [1.54, 1.807) is 31.4 Å². The molecule has 0 unspecified atom stereocenters. The molecule has 2 rings (SSSR count). The minimum Gasteiger partial charge on any atom is -0.382 e. The van der Waals surface area contributed by atoms with Gasteiger partial charge in [-0.2, -0.15) is 0 Å². The molecule has 0 saturated carbocycles. The lowest BCUT2D eigenvalue weighted by Gasteiger charge is -2.09. The second-order valence-corrected chi connectivity index (χ2v) is 4.21. The van der Waals surface area contributed by atoms with Crippen molar-refractivity contribution in [2.24, 2.45) is 0 Å². The van der Waals surface area contributed by atoms with E-state index in [1.807, 2.05) is 18.2 Å². The van der Waals surface area contributed by atoms with Gasteiger partial charge in [-0.05, 0) is 24.3 Å². The summed E-state index contributed by atoms with van der Waals surface area (Å²) in [6.07, 6.45) is 2.45. The molecule has 1 aromatic heterocycles. The van der Waals surface area contributed by atoms with E-state index in [4.69, 9.17) is 0 Å². The summed E-state index contributed by atoms with van der Waals surface area (Å²) in [6, 6.07) is 10.9. The predicted molar refractivity (Wildman–Crippen MR) is 79.1 cm³/mol. The molecule has 0 spiro atoms. The lowest BCUT2D eigenvalue weighted by Crippen LogP contribution is -2.08. The lowest BCUT2D eigenvalue weighted by molar-refractivity contribution is -0.383. The van der Waals surface area contributed by atoms with Crippen molar-refractivity contribution >= 4 is 17.1 Å². The average molecular weight is 272 g/mol. The van der Waals surface area contributed by atoms with Crippen molar-refractivity contribution in [2.75, 3.05) is 24.2 Å². The van der Waals surface area contributed by atoms with Crippen LogP contribution in [0.3, 0.4) is 0 Å². The number of nitrogens with zero attached hydrogens (tertiary/aromatic N) is 2. The first kappa shape index (κ1) is 13.8. The van der Waals surface area contributed by atoms with Gasteiger partial charge in [-0.3, -0.25) is 15.1 Å². The van der Waals surface area contributed by atoms with Crippen LogP contribution in [0, 0.1) is 10.1 Å². The van der Waals surface area contributed by atoms with E-state index >= 15 is 0 Å². The third-order valence-electron chi connectivity index (χ3n) is 2.91. The Labute approximate surface area is 117 Å². The molecule has 0 saturated heterocycles. The average Bonchev–Trinajstić information content (AvgIpc) is 2.47. The molecule has 20 heavy (non-hydrogen) atoms. The Hall–Kier alpha value is -2.63. The predicted octanol–water partition coefficient (Wildman–Crippen LogP) is 2.69. The van der Waals surface area contributed by atoms with E-state index in [2.05, 4.69) is 15.6 Å². The molecule has 1 heterocycles. The van der Waals surface area contributed by atoms with Crippen LogP contribution in [0.4, 0.5) is 17.1 Å². The fourth-order valence-electron chi connectivity index (χ4n) is 1.96. The number of nitro benzene ring substituents is 1. The molecule has 2 aromatic rings. The molecule has 0 radical (unpaired) electrons. The molecule has 0 atom stereocenters. The summed E-state index contributed by atoms with van der Waals surface area (Å²) in [4.78, 5) is 15.0. The van der Waals surface area contributed by atoms with E-state index in [-0.39, 0.29) is 10.6 Å². The number of anilines is 2. The Morgan fingerprint density at radius 3 is 2.65 bits per heavy atom. The molecule has 1 aromatic carbocycles. The summed E-state index contributed by atoms with van der Waals surface area (Å²) < 4.78 is 0. The Kier molecular flexibility index (Phi) is 4.49. The van der Waals surface area contributed by atoms with Crippen molar-refractivity contribution < 1.29 is 4.92 Å². The number of rotatable bonds is 6. The number of para-hydroxylation sites is 1. The van der Waals surface area contributed by atoms with Crippen molar-refractivity contribution in [1.29, 1.82) is 0 Å². The van der Waals surface area contributed by atoms with Crippen LogP contribution in [0.5, 0.6) is 0 Å². The molecule has 0 bridgehead atoms. The summed E-state index contributed by atoms with van der Waals surface area (Å²) in [5, 5.41) is 17.1. The quantitative estimate of drug-likeness (QED) is 0.624. The fourth-order valence-corrected chi connectivity index (χ4v) is 1.96. The molecule has 6 nitrogen and oxygen atoms in total. The van der Waals surface area contributed by atoms with Crippen LogP contribution < -0.4 is 10.6 Å². The highest BCUT2D eigenvalue weighted by Gasteiger charge is 2.18. The van der Waals surface area contributed by atoms with Gasteiger partial charge in [-0.15, -0.1) is 0 Å². The van der Waals surface area contributed by atoms with Crippen molar-refractivity contribution in [3.8, 4) is 0 Å². The van der Waals surface area contributed by atoms with Crippen LogP contribution in [0.2, 0.25) is 0 Å². The number of aromatic nitrogens is 1. The monoisotopic (exact) mass is 272 g/mol. The SMILES string of the molecule is CNc1cccc(NCCc2ccccn2)c1[N+](=O)[O-]. The van der Waals surface area contributed by atoms with Gasteiger partial charge in [0.1, 0.15) is 11.4 Å². The number of nitrogens with one attached hydrogen (secondary N) is 2. The molecule has 0 aliphatic rings. The Balaban J connectivity index is 2.08. The second-order valence-electron chi connectivity index (χ2n) is 4.21. The van der Waals surface area contributed by atoms with Gasteiger partial charge in [0.05, 0.1) is 4.92 Å². The Morgan fingerprint density at radius 2 is 2.00 bits per heavy atom. The highest BCUT2D eigenvalue weighted by molar-refractivity contribution is 5.75. The van der Waals surface area contributed by atoms with Crippen LogP contribution in [0.1, 0.15) is 5.69 Å². The summed E-state index contributed by atoms with van der Waals surface area (Å²) in [5.41, 5.74) is 2.03.